The number of aromatic nitrogens is 4. The molecule has 4 rings (SSSR count). The first kappa shape index (κ1) is 14.4. The summed E-state index contributed by atoms with van der Waals surface area (Å²) in [5, 5.41) is 3.99. The molecular weight excluding hydrogens is 304 g/mol. The molecule has 0 fully saturated rings. The molecule has 1 aromatic carbocycles. The summed E-state index contributed by atoms with van der Waals surface area (Å²) >= 11 is 0. The number of nitrogens with zero attached hydrogens (tertiary/aromatic N) is 3. The van der Waals surface area contributed by atoms with Gasteiger partial charge in [-0.15, -0.1) is 0 Å². The second kappa shape index (κ2) is 5.49. The molecule has 0 bridgehead atoms. The molecule has 0 saturated heterocycles. The zero-order valence-electron chi connectivity index (χ0n) is 13.4. The number of imidazole rings is 1. The molecule has 1 N–H and O–H groups in total. The first-order valence-electron chi connectivity index (χ1n) is 7.69. The lowest BCUT2D eigenvalue weighted by Gasteiger charge is -2.05. The van der Waals surface area contributed by atoms with E-state index in [0.717, 1.165) is 33.7 Å². The average Bonchev–Trinajstić information content (AvgIpc) is 3.08. The molecule has 0 aliphatic carbocycles. The van der Waals surface area contributed by atoms with Crippen LogP contribution in [0.3, 0.4) is 0 Å². The van der Waals surface area contributed by atoms with Crippen molar-refractivity contribution < 1.29 is 4.52 Å². The molecule has 0 aliphatic rings. The summed E-state index contributed by atoms with van der Waals surface area (Å²) < 4.78 is 6.93. The Balaban J connectivity index is 1.87. The molecule has 0 saturated carbocycles. The molecule has 3 aromatic heterocycles. The van der Waals surface area contributed by atoms with Crippen molar-refractivity contribution in [1.29, 1.82) is 0 Å². The predicted molar refractivity (Wildman–Crippen MR) is 90.9 cm³/mol. The quantitative estimate of drug-likeness (QED) is 0.629. The summed E-state index contributed by atoms with van der Waals surface area (Å²) in [4.78, 5) is 19.5. The van der Waals surface area contributed by atoms with Gasteiger partial charge >= 0.3 is 5.69 Å². The van der Waals surface area contributed by atoms with Crippen LogP contribution in [0.1, 0.15) is 17.0 Å². The van der Waals surface area contributed by atoms with Crippen LogP contribution in [0.4, 0.5) is 0 Å². The number of nitrogens with one attached hydrogen (secondary N) is 1. The van der Waals surface area contributed by atoms with Crippen molar-refractivity contribution in [2.45, 2.75) is 20.4 Å². The maximum absolute atomic E-state index is 12.3. The maximum Gasteiger partial charge on any atom is 0.327 e. The minimum atomic E-state index is -0.169. The highest BCUT2D eigenvalue weighted by Crippen LogP contribution is 2.28. The van der Waals surface area contributed by atoms with Gasteiger partial charge in [-0.1, -0.05) is 35.5 Å². The van der Waals surface area contributed by atoms with Crippen molar-refractivity contribution in [3.8, 4) is 11.1 Å². The number of fused-ring (bicyclic) bond motifs is 1. The van der Waals surface area contributed by atoms with Crippen LogP contribution in [-0.4, -0.2) is 19.7 Å². The fraction of sp³-hybridized carbons (Fsp3) is 0.167. The largest absolute Gasteiger partial charge is 0.361 e. The van der Waals surface area contributed by atoms with Crippen LogP contribution in [0.5, 0.6) is 0 Å². The number of aryl methyl sites for hydroxylation is 2. The molecule has 6 heteroatoms. The van der Waals surface area contributed by atoms with Crippen molar-refractivity contribution in [1.82, 2.24) is 19.7 Å². The Labute approximate surface area is 137 Å². The summed E-state index contributed by atoms with van der Waals surface area (Å²) in [6.07, 6.45) is 1.73. The monoisotopic (exact) mass is 320 g/mol. The van der Waals surface area contributed by atoms with Crippen molar-refractivity contribution in [2.75, 3.05) is 0 Å². The molecular formula is C18H16N4O2. The predicted octanol–water partition coefficient (Wildman–Crippen LogP) is 3.04. The SMILES string of the molecule is Cc1noc(C)c1-c1cnc2[nH]c(=O)n(Cc3ccccc3)c2c1. The molecule has 120 valence electrons. The summed E-state index contributed by atoms with van der Waals surface area (Å²) in [5.41, 5.74) is 4.85. The molecule has 0 unspecified atom stereocenters. The van der Waals surface area contributed by atoms with Gasteiger partial charge in [-0.3, -0.25) is 9.55 Å². The molecule has 0 radical (unpaired) electrons. The van der Waals surface area contributed by atoms with Crippen LogP contribution in [0, 0.1) is 13.8 Å². The maximum atomic E-state index is 12.3. The van der Waals surface area contributed by atoms with Crippen molar-refractivity contribution in [2.24, 2.45) is 0 Å². The zero-order valence-corrected chi connectivity index (χ0v) is 13.4. The van der Waals surface area contributed by atoms with Crippen LogP contribution < -0.4 is 5.69 Å². The summed E-state index contributed by atoms with van der Waals surface area (Å²) in [5.74, 6) is 0.737. The second-order valence-electron chi connectivity index (χ2n) is 5.79. The van der Waals surface area contributed by atoms with Gasteiger partial charge in [0.25, 0.3) is 0 Å². The Morgan fingerprint density at radius 3 is 2.71 bits per heavy atom. The van der Waals surface area contributed by atoms with Gasteiger partial charge in [0.05, 0.1) is 17.8 Å². The van der Waals surface area contributed by atoms with Crippen LogP contribution in [0.15, 0.2) is 51.9 Å². The number of H-pyrrole nitrogens is 1. The molecule has 0 aliphatic heterocycles. The lowest BCUT2D eigenvalue weighted by Crippen LogP contribution is -2.17. The minimum absolute atomic E-state index is 0.169. The molecule has 4 aromatic rings. The second-order valence-corrected chi connectivity index (χ2v) is 5.79. The highest BCUT2D eigenvalue weighted by molar-refractivity contribution is 5.79. The van der Waals surface area contributed by atoms with Crippen LogP contribution in [0.2, 0.25) is 0 Å². The van der Waals surface area contributed by atoms with Gasteiger partial charge in [-0.2, -0.15) is 0 Å². The van der Waals surface area contributed by atoms with Gasteiger partial charge < -0.3 is 4.52 Å². The van der Waals surface area contributed by atoms with Gasteiger partial charge in [-0.25, -0.2) is 9.78 Å². The first-order valence-corrected chi connectivity index (χ1v) is 7.69. The van der Waals surface area contributed by atoms with E-state index in [9.17, 15) is 4.79 Å². The smallest absolute Gasteiger partial charge is 0.327 e. The fourth-order valence-corrected chi connectivity index (χ4v) is 2.99. The van der Waals surface area contributed by atoms with E-state index in [0.29, 0.717) is 12.2 Å². The van der Waals surface area contributed by atoms with Crippen LogP contribution in [-0.2, 0) is 6.54 Å². The Morgan fingerprint density at radius 2 is 2.00 bits per heavy atom. The number of pyridine rings is 1. The molecule has 24 heavy (non-hydrogen) atoms. The van der Waals surface area contributed by atoms with E-state index >= 15 is 0 Å². The van der Waals surface area contributed by atoms with Gasteiger partial charge in [0, 0.05) is 17.3 Å². The summed E-state index contributed by atoms with van der Waals surface area (Å²) in [7, 11) is 0. The normalized spacial score (nSPS) is 11.2. The number of hydrogen-bond acceptors (Lipinski definition) is 4. The highest BCUT2D eigenvalue weighted by Gasteiger charge is 2.15. The standard InChI is InChI=1S/C18H16N4O2/c1-11-16(12(2)24-21-11)14-8-15-17(19-9-14)20-18(23)22(15)10-13-6-4-3-5-7-13/h3-9H,10H2,1-2H3,(H,19,20,23). The Morgan fingerprint density at radius 1 is 1.21 bits per heavy atom. The van der Waals surface area contributed by atoms with Gasteiger partial charge in [0.1, 0.15) is 5.76 Å². The molecule has 0 amide bonds. The lowest BCUT2D eigenvalue weighted by atomic mass is 10.1. The third-order valence-electron chi connectivity index (χ3n) is 4.13. The van der Waals surface area contributed by atoms with E-state index < -0.39 is 0 Å². The molecule has 6 nitrogen and oxygen atoms in total. The minimum Gasteiger partial charge on any atom is -0.361 e. The Bertz CT molecular complexity index is 1050. The first-order chi connectivity index (χ1) is 11.6. The van der Waals surface area contributed by atoms with E-state index in [2.05, 4.69) is 15.1 Å². The third kappa shape index (κ3) is 2.32. The molecule has 3 heterocycles. The van der Waals surface area contributed by atoms with Crippen LogP contribution in [0.25, 0.3) is 22.3 Å². The van der Waals surface area contributed by atoms with Gasteiger partial charge in [-0.05, 0) is 25.5 Å². The fourth-order valence-electron chi connectivity index (χ4n) is 2.99. The van der Waals surface area contributed by atoms with Gasteiger partial charge in [0.15, 0.2) is 5.65 Å². The van der Waals surface area contributed by atoms with Crippen molar-refractivity contribution in [3.63, 3.8) is 0 Å². The third-order valence-corrected chi connectivity index (χ3v) is 4.13. The average molecular weight is 320 g/mol. The van der Waals surface area contributed by atoms with E-state index in [4.69, 9.17) is 4.52 Å². The zero-order chi connectivity index (χ0) is 16.7. The topological polar surface area (TPSA) is 76.7 Å². The van der Waals surface area contributed by atoms with E-state index in [1.807, 2.05) is 50.2 Å². The van der Waals surface area contributed by atoms with Crippen molar-refractivity contribution in [3.05, 3.63) is 70.1 Å². The Kier molecular flexibility index (Phi) is 3.30. The van der Waals surface area contributed by atoms with Crippen molar-refractivity contribution >= 4 is 11.2 Å². The van der Waals surface area contributed by atoms with E-state index in [1.54, 1.807) is 10.8 Å². The van der Waals surface area contributed by atoms with Gasteiger partial charge in [0.2, 0.25) is 0 Å². The van der Waals surface area contributed by atoms with E-state index in [1.165, 1.54) is 0 Å². The molecule has 0 spiro atoms. The Hall–Kier alpha value is -3.15. The highest BCUT2D eigenvalue weighted by atomic mass is 16.5. The number of benzene rings is 1. The number of hydrogen-bond donors (Lipinski definition) is 1. The number of rotatable bonds is 3. The molecule has 0 atom stereocenters. The van der Waals surface area contributed by atoms with Crippen LogP contribution >= 0.6 is 0 Å². The summed E-state index contributed by atoms with van der Waals surface area (Å²) in [6, 6.07) is 11.8. The number of aromatic amines is 1. The van der Waals surface area contributed by atoms with E-state index in [-0.39, 0.29) is 5.69 Å². The lowest BCUT2D eigenvalue weighted by molar-refractivity contribution is 0.393. The summed E-state index contributed by atoms with van der Waals surface area (Å²) in [6.45, 7) is 4.25.